The molecular weight excluding hydrogens is 248 g/mol. The Labute approximate surface area is 111 Å². The summed E-state index contributed by atoms with van der Waals surface area (Å²) in [6.45, 7) is 4.05. The van der Waals surface area contributed by atoms with E-state index in [1.165, 1.54) is 5.56 Å². The summed E-state index contributed by atoms with van der Waals surface area (Å²) in [5, 5.41) is 0. The lowest BCUT2D eigenvalue weighted by Crippen LogP contribution is -2.21. The average molecular weight is 262 g/mol. The maximum Gasteiger partial charge on any atom is 0.165 e. The fraction of sp³-hybridized carbons (Fsp3) is 0.286. The van der Waals surface area contributed by atoms with Crippen LogP contribution >= 0.6 is 24.0 Å². The second-order valence-electron chi connectivity index (χ2n) is 4.16. The number of thioether (sulfide) groups is 1. The van der Waals surface area contributed by atoms with Crippen LogP contribution in [0.2, 0.25) is 0 Å². The van der Waals surface area contributed by atoms with Gasteiger partial charge in [0, 0.05) is 4.91 Å². The van der Waals surface area contributed by atoms with Gasteiger partial charge in [-0.25, -0.2) is 0 Å². The van der Waals surface area contributed by atoms with Gasteiger partial charge in [-0.1, -0.05) is 60.7 Å². The summed E-state index contributed by atoms with van der Waals surface area (Å²) in [5.74, 6) is 0.0658. The highest BCUT2D eigenvalue weighted by Crippen LogP contribution is 2.36. The van der Waals surface area contributed by atoms with Gasteiger partial charge in [0.15, 0.2) is 5.78 Å². The van der Waals surface area contributed by atoms with Crippen LogP contribution in [0, 0.1) is 12.8 Å². The number of rotatable bonds is 2. The van der Waals surface area contributed by atoms with E-state index in [-0.39, 0.29) is 11.7 Å². The van der Waals surface area contributed by atoms with Gasteiger partial charge in [0.2, 0.25) is 0 Å². The van der Waals surface area contributed by atoms with Crippen LogP contribution in [0.4, 0.5) is 0 Å². The third-order valence-corrected chi connectivity index (χ3v) is 4.45. The van der Waals surface area contributed by atoms with Gasteiger partial charge in [0.25, 0.3) is 0 Å². The number of ketones is 1. The summed E-state index contributed by atoms with van der Waals surface area (Å²) in [4.78, 5) is 12.9. The number of carbonyl (C=O) groups excluding carboxylic acids is 1. The minimum Gasteiger partial charge on any atom is -0.294 e. The molecule has 3 heteroatoms. The molecule has 0 saturated carbocycles. The van der Waals surface area contributed by atoms with Crippen LogP contribution in [-0.2, 0) is 4.79 Å². The number of carbonyl (C=O) groups is 1. The van der Waals surface area contributed by atoms with Crippen molar-refractivity contribution in [3.05, 3.63) is 41.5 Å². The summed E-state index contributed by atoms with van der Waals surface area (Å²) >= 11 is 6.86. The predicted molar refractivity (Wildman–Crippen MR) is 78.1 cm³/mol. The van der Waals surface area contributed by atoms with E-state index in [2.05, 4.69) is 19.1 Å². The van der Waals surface area contributed by atoms with E-state index >= 15 is 0 Å². The van der Waals surface area contributed by atoms with Crippen LogP contribution in [0.25, 0.3) is 4.91 Å². The quantitative estimate of drug-likeness (QED) is 0.750. The fourth-order valence-electron chi connectivity index (χ4n) is 1.78. The molecule has 0 amide bonds. The highest BCUT2D eigenvalue weighted by molar-refractivity contribution is 8.29. The van der Waals surface area contributed by atoms with E-state index in [1.54, 1.807) is 17.8 Å². The zero-order valence-corrected chi connectivity index (χ0v) is 11.5. The molecule has 1 heterocycles. The highest BCUT2D eigenvalue weighted by Gasteiger charge is 2.26. The standard InChI is InChI=1S/C14H14OS2/c1-3-11-12(15)8-13(17-14(11)16)10-6-4-9(2)5-7-10/h4-8,11H,3H2,1-2H3. The van der Waals surface area contributed by atoms with Crippen molar-refractivity contribution in [2.75, 3.05) is 0 Å². The lowest BCUT2D eigenvalue weighted by atomic mass is 10.0. The summed E-state index contributed by atoms with van der Waals surface area (Å²) in [7, 11) is 0. The lowest BCUT2D eigenvalue weighted by Gasteiger charge is -2.20. The molecule has 0 saturated heterocycles. The zero-order chi connectivity index (χ0) is 12.4. The number of hydrogen-bond acceptors (Lipinski definition) is 3. The van der Waals surface area contributed by atoms with Gasteiger partial charge in [-0.2, -0.15) is 0 Å². The van der Waals surface area contributed by atoms with Crippen LogP contribution in [0.15, 0.2) is 30.3 Å². The number of hydrogen-bond donors (Lipinski definition) is 0. The van der Waals surface area contributed by atoms with E-state index in [0.717, 1.165) is 21.1 Å². The van der Waals surface area contributed by atoms with Crippen molar-refractivity contribution in [3.63, 3.8) is 0 Å². The minimum absolute atomic E-state index is 0.0794. The van der Waals surface area contributed by atoms with Crippen LogP contribution in [0.3, 0.4) is 0 Å². The monoisotopic (exact) mass is 262 g/mol. The van der Waals surface area contributed by atoms with Crippen molar-refractivity contribution < 1.29 is 4.79 Å². The lowest BCUT2D eigenvalue weighted by molar-refractivity contribution is -0.116. The summed E-state index contributed by atoms with van der Waals surface area (Å²) < 4.78 is 0.801. The first kappa shape index (κ1) is 12.5. The molecule has 88 valence electrons. The number of thiocarbonyl (C=S) groups is 1. The number of benzene rings is 1. The Bertz CT molecular complexity index is 485. The Morgan fingerprint density at radius 1 is 1.29 bits per heavy atom. The predicted octanol–water partition coefficient (Wildman–Crippen LogP) is 4.01. The van der Waals surface area contributed by atoms with Crippen molar-refractivity contribution >= 4 is 38.9 Å². The molecular formula is C14H14OS2. The Kier molecular flexibility index (Phi) is 3.79. The molecule has 1 aliphatic rings. The van der Waals surface area contributed by atoms with Crippen molar-refractivity contribution in [2.45, 2.75) is 20.3 Å². The van der Waals surface area contributed by atoms with Gasteiger partial charge in [-0.3, -0.25) is 4.79 Å². The Hall–Kier alpha value is -0.930. The van der Waals surface area contributed by atoms with Crippen molar-refractivity contribution in [1.82, 2.24) is 0 Å². The third-order valence-electron chi connectivity index (χ3n) is 2.86. The molecule has 1 unspecified atom stereocenters. The molecule has 0 N–H and O–H groups in total. The summed E-state index contributed by atoms with van der Waals surface area (Å²) in [5.41, 5.74) is 2.29. The third kappa shape index (κ3) is 2.67. The molecule has 0 spiro atoms. The SMILES string of the molecule is CCC1C(=O)C=C(c2ccc(C)cc2)SC1=S. The maximum absolute atomic E-state index is 11.9. The first-order chi connectivity index (χ1) is 8.11. The Morgan fingerprint density at radius 2 is 1.94 bits per heavy atom. The molecule has 1 nitrogen and oxygen atoms in total. The second kappa shape index (κ2) is 5.15. The van der Waals surface area contributed by atoms with Gasteiger partial charge >= 0.3 is 0 Å². The number of aryl methyl sites for hydroxylation is 1. The minimum atomic E-state index is -0.0794. The van der Waals surface area contributed by atoms with Crippen LogP contribution in [0.1, 0.15) is 24.5 Å². The topological polar surface area (TPSA) is 17.1 Å². The largest absolute Gasteiger partial charge is 0.294 e. The molecule has 1 aromatic rings. The van der Waals surface area contributed by atoms with Crippen LogP contribution in [0.5, 0.6) is 0 Å². The molecule has 1 atom stereocenters. The van der Waals surface area contributed by atoms with E-state index in [1.807, 2.05) is 19.1 Å². The molecule has 0 radical (unpaired) electrons. The van der Waals surface area contributed by atoms with E-state index in [9.17, 15) is 4.79 Å². The van der Waals surface area contributed by atoms with Gasteiger partial charge in [0.05, 0.1) is 10.1 Å². The van der Waals surface area contributed by atoms with Gasteiger partial charge in [0.1, 0.15) is 0 Å². The first-order valence-electron chi connectivity index (χ1n) is 5.66. The molecule has 2 rings (SSSR count). The molecule has 17 heavy (non-hydrogen) atoms. The van der Waals surface area contributed by atoms with E-state index in [4.69, 9.17) is 12.2 Å². The Balaban J connectivity index is 2.32. The number of allylic oxidation sites excluding steroid dienone is 1. The fourth-order valence-corrected chi connectivity index (χ4v) is 3.41. The Morgan fingerprint density at radius 3 is 2.47 bits per heavy atom. The molecule has 0 bridgehead atoms. The van der Waals surface area contributed by atoms with Gasteiger partial charge < -0.3 is 0 Å². The molecule has 1 aliphatic heterocycles. The smallest absolute Gasteiger partial charge is 0.165 e. The normalized spacial score (nSPS) is 20.4. The van der Waals surface area contributed by atoms with Gasteiger partial charge in [-0.15, -0.1) is 0 Å². The highest BCUT2D eigenvalue weighted by atomic mass is 32.2. The van der Waals surface area contributed by atoms with Crippen LogP contribution in [-0.4, -0.2) is 9.98 Å². The first-order valence-corrected chi connectivity index (χ1v) is 6.88. The summed E-state index contributed by atoms with van der Waals surface area (Å²) in [6.07, 6.45) is 2.53. The average Bonchev–Trinajstić information content (AvgIpc) is 2.29. The van der Waals surface area contributed by atoms with E-state index in [0.29, 0.717) is 0 Å². The maximum atomic E-state index is 11.9. The molecule has 0 aromatic heterocycles. The van der Waals surface area contributed by atoms with E-state index < -0.39 is 0 Å². The molecule has 0 fully saturated rings. The van der Waals surface area contributed by atoms with Crippen molar-refractivity contribution in [3.8, 4) is 0 Å². The van der Waals surface area contributed by atoms with Gasteiger partial charge in [-0.05, 0) is 25.0 Å². The molecule has 1 aromatic carbocycles. The second-order valence-corrected chi connectivity index (χ2v) is 5.94. The van der Waals surface area contributed by atoms with Crippen molar-refractivity contribution in [1.29, 1.82) is 0 Å². The molecule has 0 aliphatic carbocycles. The summed E-state index contributed by atoms with van der Waals surface area (Å²) in [6, 6.07) is 8.18. The zero-order valence-electron chi connectivity index (χ0n) is 9.90. The van der Waals surface area contributed by atoms with Crippen molar-refractivity contribution in [2.24, 2.45) is 5.92 Å². The van der Waals surface area contributed by atoms with Crippen LogP contribution < -0.4 is 0 Å².